The number of aromatic hydroxyl groups is 2. The SMILES string of the molecule is Cc1cccc(C(c2c(O)ccc3ccccc23)c2c(O)ccc3ccccc23)c1. The zero-order valence-corrected chi connectivity index (χ0v) is 16.7. The maximum absolute atomic E-state index is 11.1. The number of hydrogen-bond acceptors (Lipinski definition) is 2. The molecule has 0 aliphatic heterocycles. The molecule has 0 unspecified atom stereocenters. The van der Waals surface area contributed by atoms with E-state index in [-0.39, 0.29) is 17.4 Å². The van der Waals surface area contributed by atoms with E-state index in [2.05, 4.69) is 37.3 Å². The molecule has 0 bridgehead atoms. The van der Waals surface area contributed by atoms with Gasteiger partial charge in [0.05, 0.1) is 0 Å². The highest BCUT2D eigenvalue weighted by Gasteiger charge is 2.26. The van der Waals surface area contributed by atoms with Gasteiger partial charge in [-0.2, -0.15) is 0 Å². The van der Waals surface area contributed by atoms with Crippen molar-refractivity contribution in [1.29, 1.82) is 0 Å². The minimum absolute atomic E-state index is 0.229. The molecule has 0 radical (unpaired) electrons. The Hall–Kier alpha value is -3.78. The van der Waals surface area contributed by atoms with E-state index in [1.165, 1.54) is 0 Å². The van der Waals surface area contributed by atoms with Crippen molar-refractivity contribution in [3.8, 4) is 11.5 Å². The van der Waals surface area contributed by atoms with E-state index in [9.17, 15) is 10.2 Å². The molecule has 0 spiro atoms. The highest BCUT2D eigenvalue weighted by Crippen LogP contribution is 2.46. The third-order valence-corrected chi connectivity index (χ3v) is 5.85. The molecule has 0 saturated heterocycles. The van der Waals surface area contributed by atoms with Crippen LogP contribution in [0.4, 0.5) is 0 Å². The summed E-state index contributed by atoms with van der Waals surface area (Å²) in [4.78, 5) is 0. The van der Waals surface area contributed by atoms with Crippen molar-refractivity contribution >= 4 is 21.5 Å². The summed E-state index contributed by atoms with van der Waals surface area (Å²) in [6, 6.07) is 31.8. The number of fused-ring (bicyclic) bond motifs is 2. The summed E-state index contributed by atoms with van der Waals surface area (Å²) in [6.07, 6.45) is 0. The predicted molar refractivity (Wildman–Crippen MR) is 123 cm³/mol. The Bertz CT molecular complexity index is 1300. The topological polar surface area (TPSA) is 40.5 Å². The van der Waals surface area contributed by atoms with E-state index in [0.29, 0.717) is 0 Å². The van der Waals surface area contributed by atoms with E-state index in [1.54, 1.807) is 12.1 Å². The maximum atomic E-state index is 11.1. The molecule has 2 heteroatoms. The van der Waals surface area contributed by atoms with Gasteiger partial charge in [-0.25, -0.2) is 0 Å². The second-order valence-corrected chi connectivity index (χ2v) is 7.79. The zero-order valence-electron chi connectivity index (χ0n) is 16.7. The van der Waals surface area contributed by atoms with Crippen LogP contribution in [0.1, 0.15) is 28.2 Å². The lowest BCUT2D eigenvalue weighted by Crippen LogP contribution is -2.06. The fourth-order valence-electron chi connectivity index (χ4n) is 4.50. The Morgan fingerprint density at radius 1 is 0.567 bits per heavy atom. The normalized spacial score (nSPS) is 11.4. The first-order chi connectivity index (χ1) is 14.6. The van der Waals surface area contributed by atoms with Crippen molar-refractivity contribution in [1.82, 2.24) is 0 Å². The van der Waals surface area contributed by atoms with Crippen LogP contribution in [-0.4, -0.2) is 10.2 Å². The fourth-order valence-corrected chi connectivity index (χ4v) is 4.50. The van der Waals surface area contributed by atoms with Gasteiger partial charge in [0.15, 0.2) is 0 Å². The van der Waals surface area contributed by atoms with Crippen molar-refractivity contribution < 1.29 is 10.2 Å². The largest absolute Gasteiger partial charge is 0.508 e. The summed E-state index contributed by atoms with van der Waals surface area (Å²) in [7, 11) is 0. The number of rotatable bonds is 3. The standard InChI is InChI=1S/C28H22O2/c1-18-7-6-10-21(17-18)26(27-22-11-4-2-8-19(22)13-15-24(27)29)28-23-12-5-3-9-20(23)14-16-25(28)30/h2-17,26,29-30H,1H3. The highest BCUT2D eigenvalue weighted by atomic mass is 16.3. The molecular formula is C28H22O2. The minimum Gasteiger partial charge on any atom is -0.508 e. The van der Waals surface area contributed by atoms with Crippen LogP contribution in [-0.2, 0) is 0 Å². The van der Waals surface area contributed by atoms with Crippen molar-refractivity contribution in [2.45, 2.75) is 12.8 Å². The Balaban J connectivity index is 1.93. The van der Waals surface area contributed by atoms with E-state index in [4.69, 9.17) is 0 Å². The molecular weight excluding hydrogens is 368 g/mol. The Labute approximate surface area is 175 Å². The second-order valence-electron chi connectivity index (χ2n) is 7.79. The first-order valence-electron chi connectivity index (χ1n) is 10.1. The molecule has 0 heterocycles. The first kappa shape index (κ1) is 18.3. The Kier molecular flexibility index (Phi) is 4.40. The van der Waals surface area contributed by atoms with Crippen LogP contribution in [0.2, 0.25) is 0 Å². The number of phenols is 2. The van der Waals surface area contributed by atoms with Crippen LogP contribution in [0.5, 0.6) is 11.5 Å². The van der Waals surface area contributed by atoms with Crippen LogP contribution in [0.3, 0.4) is 0 Å². The molecule has 0 aliphatic carbocycles. The molecule has 0 atom stereocenters. The summed E-state index contributed by atoms with van der Waals surface area (Å²) in [5, 5.41) is 26.2. The second kappa shape index (κ2) is 7.23. The van der Waals surface area contributed by atoms with Gasteiger partial charge < -0.3 is 10.2 Å². The molecule has 5 rings (SSSR count). The molecule has 5 aromatic carbocycles. The number of benzene rings is 5. The summed E-state index contributed by atoms with van der Waals surface area (Å²) < 4.78 is 0. The van der Waals surface area contributed by atoms with Gasteiger partial charge in [-0.1, -0.05) is 90.5 Å². The number of hydrogen-bond donors (Lipinski definition) is 2. The molecule has 0 fully saturated rings. The van der Waals surface area contributed by atoms with Crippen LogP contribution >= 0.6 is 0 Å². The van der Waals surface area contributed by atoms with Gasteiger partial charge in [0, 0.05) is 17.0 Å². The fraction of sp³-hybridized carbons (Fsp3) is 0.0714. The van der Waals surface area contributed by atoms with Crippen molar-refractivity contribution in [2.75, 3.05) is 0 Å². The molecule has 0 aromatic heterocycles. The summed E-state index contributed by atoms with van der Waals surface area (Å²) in [5.41, 5.74) is 3.79. The van der Waals surface area contributed by atoms with Crippen LogP contribution in [0.15, 0.2) is 97.1 Å². The summed E-state index contributed by atoms with van der Waals surface area (Å²) in [6.45, 7) is 2.06. The quantitative estimate of drug-likeness (QED) is 0.329. The van der Waals surface area contributed by atoms with Gasteiger partial charge in [-0.3, -0.25) is 0 Å². The third kappa shape index (κ3) is 2.98. The van der Waals surface area contributed by atoms with Gasteiger partial charge >= 0.3 is 0 Å². The van der Waals surface area contributed by atoms with Gasteiger partial charge in [0.2, 0.25) is 0 Å². The van der Waals surface area contributed by atoms with E-state index < -0.39 is 0 Å². The lowest BCUT2D eigenvalue weighted by Gasteiger charge is -2.24. The molecule has 30 heavy (non-hydrogen) atoms. The summed E-state index contributed by atoms with van der Waals surface area (Å²) >= 11 is 0. The maximum Gasteiger partial charge on any atom is 0.120 e. The van der Waals surface area contributed by atoms with Crippen LogP contribution in [0, 0.1) is 6.92 Å². The predicted octanol–water partition coefficient (Wildman–Crippen LogP) is 6.89. The zero-order chi connectivity index (χ0) is 20.7. The molecule has 2 N–H and O–H groups in total. The highest BCUT2D eigenvalue weighted by molar-refractivity contribution is 5.93. The van der Waals surface area contributed by atoms with Crippen LogP contribution in [0.25, 0.3) is 21.5 Å². The van der Waals surface area contributed by atoms with Crippen molar-refractivity contribution in [3.05, 3.63) is 119 Å². The van der Waals surface area contributed by atoms with Gasteiger partial charge in [-0.15, -0.1) is 0 Å². The van der Waals surface area contributed by atoms with Crippen molar-refractivity contribution in [3.63, 3.8) is 0 Å². The Morgan fingerprint density at radius 2 is 1.10 bits per heavy atom. The molecule has 146 valence electrons. The van der Waals surface area contributed by atoms with E-state index in [0.717, 1.165) is 43.8 Å². The average molecular weight is 390 g/mol. The summed E-state index contributed by atoms with van der Waals surface area (Å²) in [5.74, 6) is 0.141. The Morgan fingerprint density at radius 3 is 1.63 bits per heavy atom. The lowest BCUT2D eigenvalue weighted by molar-refractivity contribution is 0.460. The smallest absolute Gasteiger partial charge is 0.120 e. The molecule has 0 amide bonds. The molecule has 0 aliphatic rings. The van der Waals surface area contributed by atoms with Crippen molar-refractivity contribution in [2.24, 2.45) is 0 Å². The van der Waals surface area contributed by atoms with E-state index in [1.807, 2.05) is 54.6 Å². The lowest BCUT2D eigenvalue weighted by atomic mass is 9.79. The monoisotopic (exact) mass is 390 g/mol. The minimum atomic E-state index is -0.318. The molecule has 2 nitrogen and oxygen atoms in total. The van der Waals surface area contributed by atoms with Gasteiger partial charge in [-0.05, 0) is 46.2 Å². The van der Waals surface area contributed by atoms with E-state index >= 15 is 0 Å². The van der Waals surface area contributed by atoms with Gasteiger partial charge in [0.25, 0.3) is 0 Å². The molecule has 5 aromatic rings. The number of phenolic OH excluding ortho intramolecular Hbond substituents is 2. The average Bonchev–Trinajstić information content (AvgIpc) is 2.77. The first-order valence-corrected chi connectivity index (χ1v) is 10.1. The van der Waals surface area contributed by atoms with Crippen LogP contribution < -0.4 is 0 Å². The number of aryl methyl sites for hydroxylation is 1. The molecule has 0 saturated carbocycles. The van der Waals surface area contributed by atoms with Gasteiger partial charge in [0.1, 0.15) is 11.5 Å². The third-order valence-electron chi connectivity index (χ3n) is 5.85.